The van der Waals surface area contributed by atoms with E-state index < -0.39 is 5.60 Å². The van der Waals surface area contributed by atoms with Crippen molar-refractivity contribution < 1.29 is 14.3 Å². The van der Waals surface area contributed by atoms with Crippen LogP contribution < -0.4 is 5.32 Å². The van der Waals surface area contributed by atoms with E-state index in [1.807, 2.05) is 56.0 Å². The molecule has 1 N–H and O–H groups in total. The van der Waals surface area contributed by atoms with Crippen LogP contribution in [0.2, 0.25) is 0 Å². The molecule has 1 heterocycles. The van der Waals surface area contributed by atoms with Crippen LogP contribution in [0.25, 0.3) is 11.1 Å². The molecule has 1 aliphatic heterocycles. The Hall–Kier alpha value is -2.82. The second-order valence-electron chi connectivity index (χ2n) is 8.54. The number of carbonyl (C=O) groups is 2. The van der Waals surface area contributed by atoms with E-state index in [2.05, 4.69) is 29.6 Å². The predicted octanol–water partition coefficient (Wildman–Crippen LogP) is 4.41. The molecule has 2 aromatic rings. The van der Waals surface area contributed by atoms with Gasteiger partial charge in [-0.3, -0.25) is 4.79 Å². The van der Waals surface area contributed by atoms with Gasteiger partial charge in [-0.15, -0.1) is 0 Å². The first-order chi connectivity index (χ1) is 13.8. The van der Waals surface area contributed by atoms with Gasteiger partial charge in [0.25, 0.3) is 0 Å². The number of ether oxygens (including phenoxy) is 1. The molecule has 1 aliphatic rings. The average molecular weight is 395 g/mol. The van der Waals surface area contributed by atoms with Crippen LogP contribution in [0.1, 0.15) is 39.2 Å². The van der Waals surface area contributed by atoms with Gasteiger partial charge in [0.2, 0.25) is 5.91 Å². The zero-order chi connectivity index (χ0) is 20.9. The molecule has 5 nitrogen and oxygen atoms in total. The summed E-state index contributed by atoms with van der Waals surface area (Å²) in [5.74, 6) is 0.133. The molecule has 1 saturated heterocycles. The molecule has 0 saturated carbocycles. The molecule has 0 spiro atoms. The molecular formula is C24H30N2O3. The van der Waals surface area contributed by atoms with Crippen molar-refractivity contribution in [3.63, 3.8) is 0 Å². The quantitative estimate of drug-likeness (QED) is 0.836. The Bertz CT molecular complexity index is 817. The number of hydrogen-bond donors (Lipinski definition) is 1. The first kappa shape index (κ1) is 20.9. The van der Waals surface area contributed by atoms with Gasteiger partial charge in [0.15, 0.2) is 0 Å². The summed E-state index contributed by atoms with van der Waals surface area (Å²) in [4.78, 5) is 26.4. The number of hydrogen-bond acceptors (Lipinski definition) is 3. The molecule has 154 valence electrons. The Balaban J connectivity index is 1.47. The van der Waals surface area contributed by atoms with Crippen LogP contribution in [0.5, 0.6) is 0 Å². The van der Waals surface area contributed by atoms with E-state index in [4.69, 9.17) is 4.74 Å². The summed E-state index contributed by atoms with van der Waals surface area (Å²) in [6.07, 6.45) is 1.51. The topological polar surface area (TPSA) is 58.6 Å². The smallest absolute Gasteiger partial charge is 0.407 e. The largest absolute Gasteiger partial charge is 0.444 e. The van der Waals surface area contributed by atoms with Gasteiger partial charge in [-0.05, 0) is 50.3 Å². The fourth-order valence-electron chi connectivity index (χ4n) is 3.48. The predicted molar refractivity (Wildman–Crippen MR) is 115 cm³/mol. The number of carbonyl (C=O) groups excluding carboxylic acids is 2. The summed E-state index contributed by atoms with van der Waals surface area (Å²) in [6.45, 7) is 6.85. The number of alkyl carbamates (subject to hydrolysis) is 1. The van der Waals surface area contributed by atoms with E-state index in [0.29, 0.717) is 19.5 Å². The molecule has 2 aromatic carbocycles. The van der Waals surface area contributed by atoms with Crippen molar-refractivity contribution in [2.24, 2.45) is 0 Å². The molecule has 0 aliphatic carbocycles. The summed E-state index contributed by atoms with van der Waals surface area (Å²) in [5.41, 5.74) is 2.83. The minimum absolute atomic E-state index is 0.0547. The highest BCUT2D eigenvalue weighted by molar-refractivity contribution is 5.79. The minimum Gasteiger partial charge on any atom is -0.444 e. The zero-order valence-electron chi connectivity index (χ0n) is 17.5. The number of nitrogens with one attached hydrogen (secondary N) is 1. The van der Waals surface area contributed by atoms with Crippen LogP contribution in [-0.4, -0.2) is 41.6 Å². The Morgan fingerprint density at radius 1 is 0.966 bits per heavy atom. The molecule has 0 bridgehead atoms. The van der Waals surface area contributed by atoms with Crippen LogP contribution in [-0.2, 0) is 16.0 Å². The number of piperidine rings is 1. The van der Waals surface area contributed by atoms with Gasteiger partial charge in [0.05, 0.1) is 6.42 Å². The molecule has 29 heavy (non-hydrogen) atoms. The van der Waals surface area contributed by atoms with Crippen LogP contribution >= 0.6 is 0 Å². The van der Waals surface area contributed by atoms with E-state index >= 15 is 0 Å². The van der Waals surface area contributed by atoms with Gasteiger partial charge in [-0.25, -0.2) is 4.79 Å². The second kappa shape index (κ2) is 9.12. The maximum atomic E-state index is 12.7. The summed E-state index contributed by atoms with van der Waals surface area (Å²) in [5, 5.41) is 2.91. The minimum atomic E-state index is -0.503. The van der Waals surface area contributed by atoms with Crippen LogP contribution in [0.3, 0.4) is 0 Å². The normalized spacial score (nSPS) is 15.1. The van der Waals surface area contributed by atoms with Crippen LogP contribution in [0.15, 0.2) is 54.6 Å². The molecule has 5 heteroatoms. The standard InChI is InChI=1S/C24H30N2O3/c1-24(2,3)29-23(28)25-21-13-15-26(16-14-21)22(27)17-18-9-11-20(12-10-18)19-7-5-4-6-8-19/h4-12,21H,13-17H2,1-3H3,(H,25,28). The molecule has 0 unspecified atom stereocenters. The van der Waals surface area contributed by atoms with Gasteiger partial charge in [0, 0.05) is 19.1 Å². The number of amides is 2. The third-order valence-corrected chi connectivity index (χ3v) is 4.98. The Morgan fingerprint density at radius 2 is 1.55 bits per heavy atom. The summed E-state index contributed by atoms with van der Waals surface area (Å²) in [6, 6.07) is 18.4. The Morgan fingerprint density at radius 3 is 2.14 bits per heavy atom. The van der Waals surface area contributed by atoms with Gasteiger partial charge in [-0.1, -0.05) is 54.6 Å². The highest BCUT2D eigenvalue weighted by atomic mass is 16.6. The molecule has 1 fully saturated rings. The number of rotatable bonds is 4. The molecule has 0 aromatic heterocycles. The fourth-order valence-corrected chi connectivity index (χ4v) is 3.48. The van der Waals surface area contributed by atoms with Crippen molar-refractivity contribution >= 4 is 12.0 Å². The number of nitrogens with zero attached hydrogens (tertiary/aromatic N) is 1. The number of likely N-dealkylation sites (tertiary alicyclic amines) is 1. The molecule has 0 atom stereocenters. The van der Waals surface area contributed by atoms with Crippen LogP contribution in [0, 0.1) is 0 Å². The lowest BCUT2D eigenvalue weighted by atomic mass is 10.0. The highest BCUT2D eigenvalue weighted by Crippen LogP contribution is 2.20. The third kappa shape index (κ3) is 6.34. The maximum Gasteiger partial charge on any atom is 0.407 e. The maximum absolute atomic E-state index is 12.7. The Kier molecular flexibility index (Phi) is 6.57. The van der Waals surface area contributed by atoms with Crippen LogP contribution in [0.4, 0.5) is 4.79 Å². The van der Waals surface area contributed by atoms with E-state index in [1.165, 1.54) is 5.56 Å². The van der Waals surface area contributed by atoms with Crippen molar-refractivity contribution in [3.05, 3.63) is 60.2 Å². The lowest BCUT2D eigenvalue weighted by molar-refractivity contribution is -0.131. The Labute approximate surface area is 173 Å². The zero-order valence-corrected chi connectivity index (χ0v) is 17.5. The van der Waals surface area contributed by atoms with Gasteiger partial charge in [0.1, 0.15) is 5.60 Å². The monoisotopic (exact) mass is 394 g/mol. The van der Waals surface area contributed by atoms with Gasteiger partial charge in [-0.2, -0.15) is 0 Å². The van der Waals surface area contributed by atoms with E-state index in [1.54, 1.807) is 0 Å². The molecule has 2 amide bonds. The molecule has 3 rings (SSSR count). The molecular weight excluding hydrogens is 364 g/mol. The van der Waals surface area contributed by atoms with E-state index in [-0.39, 0.29) is 18.0 Å². The van der Waals surface area contributed by atoms with Gasteiger partial charge >= 0.3 is 6.09 Å². The first-order valence-electron chi connectivity index (χ1n) is 10.2. The average Bonchev–Trinajstić information content (AvgIpc) is 2.68. The van der Waals surface area contributed by atoms with Gasteiger partial charge < -0.3 is 15.0 Å². The van der Waals surface area contributed by atoms with Crippen molar-refractivity contribution in [2.45, 2.75) is 51.7 Å². The number of benzene rings is 2. The first-order valence-corrected chi connectivity index (χ1v) is 10.2. The van der Waals surface area contributed by atoms with E-state index in [0.717, 1.165) is 24.0 Å². The molecule has 0 radical (unpaired) electrons. The second-order valence-corrected chi connectivity index (χ2v) is 8.54. The van der Waals surface area contributed by atoms with Crippen molar-refractivity contribution in [3.8, 4) is 11.1 Å². The lowest BCUT2D eigenvalue weighted by Gasteiger charge is -2.33. The summed E-state index contributed by atoms with van der Waals surface area (Å²) < 4.78 is 5.30. The highest BCUT2D eigenvalue weighted by Gasteiger charge is 2.25. The third-order valence-electron chi connectivity index (χ3n) is 4.98. The SMILES string of the molecule is CC(C)(C)OC(=O)NC1CCN(C(=O)Cc2ccc(-c3ccccc3)cc2)CC1. The van der Waals surface area contributed by atoms with E-state index in [9.17, 15) is 9.59 Å². The lowest BCUT2D eigenvalue weighted by Crippen LogP contribution is -2.47. The van der Waals surface area contributed by atoms with Crippen molar-refractivity contribution in [1.82, 2.24) is 10.2 Å². The van der Waals surface area contributed by atoms with Crippen molar-refractivity contribution in [1.29, 1.82) is 0 Å². The summed E-state index contributed by atoms with van der Waals surface area (Å²) >= 11 is 0. The fraction of sp³-hybridized carbons (Fsp3) is 0.417. The van der Waals surface area contributed by atoms with Crippen molar-refractivity contribution in [2.75, 3.05) is 13.1 Å². The summed E-state index contributed by atoms with van der Waals surface area (Å²) in [7, 11) is 0.